The van der Waals surface area contributed by atoms with Crippen molar-refractivity contribution in [1.29, 1.82) is 0 Å². The van der Waals surface area contributed by atoms with E-state index in [2.05, 4.69) is 20.5 Å². The summed E-state index contributed by atoms with van der Waals surface area (Å²) in [5.41, 5.74) is 2.58. The van der Waals surface area contributed by atoms with E-state index in [-0.39, 0.29) is 17.3 Å². The molecule has 1 aliphatic rings. The molecule has 0 unspecified atom stereocenters. The van der Waals surface area contributed by atoms with Crippen molar-refractivity contribution in [1.82, 2.24) is 4.98 Å². The molecule has 1 amide bonds. The number of carbonyl (C=O) groups is 1. The van der Waals surface area contributed by atoms with Crippen LogP contribution in [0, 0.1) is 11.6 Å². The first kappa shape index (κ1) is 18.9. The number of amides is 1. The molecule has 5 nitrogen and oxygen atoms in total. The van der Waals surface area contributed by atoms with Crippen LogP contribution in [-0.2, 0) is 0 Å². The molecular weight excluding hydrogens is 374 g/mol. The Bertz CT molecular complexity index is 1020. The molecule has 2 heterocycles. The van der Waals surface area contributed by atoms with E-state index in [0.717, 1.165) is 30.9 Å². The lowest BCUT2D eigenvalue weighted by molar-refractivity contribution is 0.102. The Morgan fingerprint density at radius 1 is 0.931 bits per heavy atom. The zero-order valence-corrected chi connectivity index (χ0v) is 15.7. The van der Waals surface area contributed by atoms with Crippen molar-refractivity contribution in [2.24, 2.45) is 0 Å². The molecule has 0 atom stereocenters. The van der Waals surface area contributed by atoms with Gasteiger partial charge in [-0.05, 0) is 61.4 Å². The molecule has 2 N–H and O–H groups in total. The first-order chi connectivity index (χ1) is 14.1. The van der Waals surface area contributed by atoms with Crippen LogP contribution in [0.5, 0.6) is 0 Å². The summed E-state index contributed by atoms with van der Waals surface area (Å²) in [4.78, 5) is 18.9. The van der Waals surface area contributed by atoms with E-state index in [0.29, 0.717) is 11.4 Å². The number of anilines is 4. The molecule has 1 fully saturated rings. The number of hydrogen-bond donors (Lipinski definition) is 2. The maximum Gasteiger partial charge on any atom is 0.274 e. The van der Waals surface area contributed by atoms with Gasteiger partial charge in [-0.3, -0.25) is 9.78 Å². The van der Waals surface area contributed by atoms with Crippen molar-refractivity contribution in [3.63, 3.8) is 0 Å². The Kier molecular flexibility index (Phi) is 5.37. The van der Waals surface area contributed by atoms with Crippen LogP contribution in [0.4, 0.5) is 31.5 Å². The smallest absolute Gasteiger partial charge is 0.274 e. The van der Waals surface area contributed by atoms with E-state index in [1.807, 2.05) is 24.3 Å². The van der Waals surface area contributed by atoms with Crippen molar-refractivity contribution >= 4 is 28.7 Å². The Balaban J connectivity index is 1.44. The van der Waals surface area contributed by atoms with E-state index >= 15 is 0 Å². The number of rotatable bonds is 5. The van der Waals surface area contributed by atoms with Gasteiger partial charge in [0.1, 0.15) is 17.3 Å². The number of pyridine rings is 1. The highest BCUT2D eigenvalue weighted by atomic mass is 19.1. The Morgan fingerprint density at radius 2 is 1.69 bits per heavy atom. The average Bonchev–Trinajstić information content (AvgIpc) is 3.26. The zero-order valence-electron chi connectivity index (χ0n) is 15.7. The van der Waals surface area contributed by atoms with Crippen LogP contribution in [0.2, 0.25) is 0 Å². The number of hydrogen-bond acceptors (Lipinski definition) is 4. The Morgan fingerprint density at radius 3 is 2.41 bits per heavy atom. The van der Waals surface area contributed by atoms with Crippen molar-refractivity contribution in [3.05, 3.63) is 78.1 Å². The number of halogens is 2. The summed E-state index contributed by atoms with van der Waals surface area (Å²) in [7, 11) is 0. The highest BCUT2D eigenvalue weighted by Gasteiger charge is 2.13. The topological polar surface area (TPSA) is 57.3 Å². The summed E-state index contributed by atoms with van der Waals surface area (Å²) in [6.45, 7) is 2.12. The minimum atomic E-state index is -0.717. The molecule has 1 aliphatic heterocycles. The van der Waals surface area contributed by atoms with E-state index in [4.69, 9.17) is 0 Å². The lowest BCUT2D eigenvalue weighted by Crippen LogP contribution is -2.17. The van der Waals surface area contributed by atoms with Gasteiger partial charge in [0.25, 0.3) is 5.91 Å². The van der Waals surface area contributed by atoms with Crippen LogP contribution in [-0.4, -0.2) is 24.0 Å². The van der Waals surface area contributed by atoms with Crippen LogP contribution in [0.3, 0.4) is 0 Å². The molecular formula is C22H20F2N4O. The van der Waals surface area contributed by atoms with Gasteiger partial charge in [0.2, 0.25) is 0 Å². The number of carbonyl (C=O) groups excluding carboxylic acids is 1. The number of aromatic nitrogens is 1. The predicted molar refractivity (Wildman–Crippen MR) is 110 cm³/mol. The predicted octanol–water partition coefficient (Wildman–Crippen LogP) is 4.96. The SMILES string of the molecule is O=C(Nc1ccc(N2CCCC2)cc1)c1cc(Nc2ccc(F)cc2F)ccn1. The third-order valence-electron chi connectivity index (χ3n) is 4.80. The molecule has 0 aliphatic carbocycles. The van der Waals surface area contributed by atoms with Crippen LogP contribution in [0.15, 0.2) is 60.8 Å². The second kappa shape index (κ2) is 8.26. The van der Waals surface area contributed by atoms with Gasteiger partial charge in [0.15, 0.2) is 0 Å². The second-order valence-corrected chi connectivity index (χ2v) is 6.87. The van der Waals surface area contributed by atoms with E-state index in [1.165, 1.54) is 31.2 Å². The summed E-state index contributed by atoms with van der Waals surface area (Å²) in [6, 6.07) is 14.1. The molecule has 148 valence electrons. The molecule has 29 heavy (non-hydrogen) atoms. The number of nitrogens with one attached hydrogen (secondary N) is 2. The van der Waals surface area contributed by atoms with Crippen LogP contribution < -0.4 is 15.5 Å². The summed E-state index contributed by atoms with van der Waals surface area (Å²) in [5.74, 6) is -1.74. The van der Waals surface area contributed by atoms with Gasteiger partial charge in [-0.1, -0.05) is 0 Å². The lowest BCUT2D eigenvalue weighted by atomic mass is 10.2. The fraction of sp³-hybridized carbons (Fsp3) is 0.182. The van der Waals surface area contributed by atoms with Gasteiger partial charge in [0.05, 0.1) is 5.69 Å². The van der Waals surface area contributed by atoms with Crippen molar-refractivity contribution < 1.29 is 13.6 Å². The average molecular weight is 394 g/mol. The number of benzene rings is 2. The molecule has 0 radical (unpaired) electrons. The molecule has 1 saturated heterocycles. The largest absolute Gasteiger partial charge is 0.372 e. The van der Waals surface area contributed by atoms with Gasteiger partial charge >= 0.3 is 0 Å². The molecule has 4 rings (SSSR count). The maximum absolute atomic E-state index is 13.8. The van der Waals surface area contributed by atoms with Crippen molar-refractivity contribution in [3.8, 4) is 0 Å². The first-order valence-corrected chi connectivity index (χ1v) is 9.43. The van der Waals surface area contributed by atoms with E-state index in [1.54, 1.807) is 6.07 Å². The summed E-state index contributed by atoms with van der Waals surface area (Å²) < 4.78 is 26.9. The second-order valence-electron chi connectivity index (χ2n) is 6.87. The normalized spacial score (nSPS) is 13.4. The van der Waals surface area contributed by atoms with Crippen LogP contribution in [0.25, 0.3) is 0 Å². The van der Waals surface area contributed by atoms with Crippen molar-refractivity contribution in [2.45, 2.75) is 12.8 Å². The van der Waals surface area contributed by atoms with Crippen LogP contribution >= 0.6 is 0 Å². The van der Waals surface area contributed by atoms with Gasteiger partial charge < -0.3 is 15.5 Å². The van der Waals surface area contributed by atoms with Gasteiger partial charge in [-0.2, -0.15) is 0 Å². The van der Waals surface area contributed by atoms with Crippen LogP contribution in [0.1, 0.15) is 23.3 Å². The number of nitrogens with zero attached hydrogens (tertiary/aromatic N) is 2. The van der Waals surface area contributed by atoms with E-state index < -0.39 is 11.6 Å². The molecule has 3 aromatic rings. The van der Waals surface area contributed by atoms with E-state index in [9.17, 15) is 13.6 Å². The minimum absolute atomic E-state index is 0.112. The Labute approximate surface area is 167 Å². The standard InChI is InChI=1S/C22H20F2N4O/c23-15-3-8-20(19(24)13-15)26-17-9-10-25-21(14-17)22(29)27-16-4-6-18(7-5-16)28-11-1-2-12-28/h3-10,13-14H,1-2,11-12H2,(H,25,26)(H,27,29). The molecule has 0 bridgehead atoms. The van der Waals surface area contributed by atoms with Gasteiger partial charge in [-0.15, -0.1) is 0 Å². The minimum Gasteiger partial charge on any atom is -0.372 e. The zero-order chi connectivity index (χ0) is 20.2. The first-order valence-electron chi connectivity index (χ1n) is 9.43. The fourth-order valence-electron chi connectivity index (χ4n) is 3.30. The quantitative estimate of drug-likeness (QED) is 0.643. The third kappa shape index (κ3) is 4.51. The lowest BCUT2D eigenvalue weighted by Gasteiger charge is -2.17. The summed E-state index contributed by atoms with van der Waals surface area (Å²) in [5, 5.41) is 5.64. The molecule has 7 heteroatoms. The Hall–Kier alpha value is -3.48. The molecule has 1 aromatic heterocycles. The third-order valence-corrected chi connectivity index (χ3v) is 4.80. The van der Waals surface area contributed by atoms with Gasteiger partial charge in [-0.25, -0.2) is 8.78 Å². The highest BCUT2D eigenvalue weighted by molar-refractivity contribution is 6.03. The maximum atomic E-state index is 13.8. The summed E-state index contributed by atoms with van der Waals surface area (Å²) >= 11 is 0. The van der Waals surface area contributed by atoms with Gasteiger partial charge in [0, 0.05) is 42.4 Å². The monoisotopic (exact) mass is 394 g/mol. The molecule has 0 spiro atoms. The molecule has 2 aromatic carbocycles. The fourth-order valence-corrected chi connectivity index (χ4v) is 3.30. The highest BCUT2D eigenvalue weighted by Crippen LogP contribution is 2.23. The molecule has 0 saturated carbocycles. The van der Waals surface area contributed by atoms with Crippen molar-refractivity contribution in [2.75, 3.05) is 28.6 Å². The summed E-state index contributed by atoms with van der Waals surface area (Å²) in [6.07, 6.45) is 3.86.